The molecule has 7 nitrogen and oxygen atoms in total. The molecule has 3 rings (SSSR count). The van der Waals surface area contributed by atoms with E-state index in [9.17, 15) is 18.0 Å². The van der Waals surface area contributed by atoms with E-state index in [4.69, 9.17) is 5.73 Å². The van der Waals surface area contributed by atoms with Gasteiger partial charge in [-0.25, -0.2) is 12.7 Å². The molecule has 1 aromatic heterocycles. The molecular weight excluding hydrogens is 374 g/mol. The lowest BCUT2D eigenvalue weighted by atomic mass is 9.98. The number of rotatable bonds is 4. The number of fused-ring (bicyclic) bond motifs is 1. The number of carbonyl (C=O) groups is 2. The van der Waals surface area contributed by atoms with Gasteiger partial charge >= 0.3 is 0 Å². The van der Waals surface area contributed by atoms with Crippen molar-refractivity contribution in [1.29, 1.82) is 0 Å². The number of carbonyl (C=O) groups excluding carboxylic acids is 2. The number of hydrogen-bond acceptors (Lipinski definition) is 5. The van der Waals surface area contributed by atoms with E-state index in [1.807, 2.05) is 0 Å². The third-order valence-electron chi connectivity index (χ3n) is 5.13. The van der Waals surface area contributed by atoms with Gasteiger partial charge in [-0.15, -0.1) is 11.3 Å². The highest BCUT2D eigenvalue weighted by Gasteiger charge is 2.32. The average molecular weight is 400 g/mol. The number of nitrogens with zero attached hydrogens (tertiary/aromatic N) is 1. The second kappa shape index (κ2) is 7.66. The van der Waals surface area contributed by atoms with Crippen molar-refractivity contribution >= 4 is 38.2 Å². The maximum atomic E-state index is 12.7. The zero-order valence-electron chi connectivity index (χ0n) is 14.9. The van der Waals surface area contributed by atoms with Crippen LogP contribution in [-0.2, 0) is 27.7 Å². The number of piperidine rings is 1. The first-order valence-electron chi connectivity index (χ1n) is 8.97. The van der Waals surface area contributed by atoms with Crippen molar-refractivity contribution in [2.24, 2.45) is 11.7 Å². The van der Waals surface area contributed by atoms with Crippen LogP contribution in [0.5, 0.6) is 0 Å². The molecule has 1 saturated heterocycles. The number of hydrogen-bond donors (Lipinski definition) is 2. The minimum Gasteiger partial charge on any atom is -0.365 e. The van der Waals surface area contributed by atoms with E-state index in [0.29, 0.717) is 30.0 Å². The highest BCUT2D eigenvalue weighted by Crippen LogP contribution is 2.37. The molecule has 0 saturated carbocycles. The van der Waals surface area contributed by atoms with Crippen LogP contribution in [0.4, 0.5) is 5.00 Å². The Bertz CT molecular complexity index is 816. The van der Waals surface area contributed by atoms with Crippen molar-refractivity contribution in [3.8, 4) is 0 Å². The van der Waals surface area contributed by atoms with E-state index in [-0.39, 0.29) is 12.5 Å². The second-order valence-corrected chi connectivity index (χ2v) is 10.2. The van der Waals surface area contributed by atoms with Crippen molar-refractivity contribution in [2.75, 3.05) is 24.7 Å². The number of aryl methyl sites for hydroxylation is 1. The van der Waals surface area contributed by atoms with Gasteiger partial charge in [0.15, 0.2) is 0 Å². The standard InChI is InChI=1S/C17H25N3O4S2/c1-26(23,24)20-9-5-6-11(10-20)16(22)19-17-14(15(18)21)12-7-3-2-4-8-13(12)25-17/h11H,2-10H2,1H3,(H2,18,21)(H,19,22). The quantitative estimate of drug-likeness (QED) is 0.751. The molecule has 0 spiro atoms. The molecule has 3 N–H and O–H groups in total. The number of nitrogens with two attached hydrogens (primary N) is 1. The molecule has 9 heteroatoms. The highest BCUT2D eigenvalue weighted by molar-refractivity contribution is 7.88. The van der Waals surface area contributed by atoms with Gasteiger partial charge in [0.1, 0.15) is 5.00 Å². The van der Waals surface area contributed by atoms with Crippen molar-refractivity contribution in [3.63, 3.8) is 0 Å². The first-order chi connectivity index (χ1) is 12.3. The zero-order valence-corrected chi connectivity index (χ0v) is 16.5. The predicted octanol–water partition coefficient (Wildman–Crippen LogP) is 1.73. The van der Waals surface area contributed by atoms with Crippen LogP contribution in [0.2, 0.25) is 0 Å². The average Bonchev–Trinajstić information content (AvgIpc) is 2.75. The lowest BCUT2D eigenvalue weighted by molar-refractivity contribution is -0.120. The topological polar surface area (TPSA) is 110 Å². The second-order valence-electron chi connectivity index (χ2n) is 7.08. The molecule has 144 valence electrons. The lowest BCUT2D eigenvalue weighted by Crippen LogP contribution is -2.43. The number of thiophene rings is 1. The van der Waals surface area contributed by atoms with Crippen LogP contribution in [0.1, 0.15) is 52.9 Å². The van der Waals surface area contributed by atoms with Crippen LogP contribution in [0, 0.1) is 5.92 Å². The normalized spacial score (nSPS) is 21.7. The SMILES string of the molecule is CS(=O)(=O)N1CCCC(C(=O)Nc2sc3c(c2C(N)=O)CCCCC3)C1. The van der Waals surface area contributed by atoms with Crippen LogP contribution in [-0.4, -0.2) is 43.9 Å². The Kier molecular flexibility index (Phi) is 5.69. The Morgan fingerprint density at radius 2 is 1.92 bits per heavy atom. The summed E-state index contributed by atoms with van der Waals surface area (Å²) in [6, 6.07) is 0. The summed E-state index contributed by atoms with van der Waals surface area (Å²) in [6.45, 7) is 0.629. The van der Waals surface area contributed by atoms with Crippen LogP contribution in [0.25, 0.3) is 0 Å². The van der Waals surface area contributed by atoms with Gasteiger partial charge in [-0.2, -0.15) is 0 Å². The maximum Gasteiger partial charge on any atom is 0.251 e. The molecule has 2 amide bonds. The van der Waals surface area contributed by atoms with Gasteiger partial charge in [-0.3, -0.25) is 9.59 Å². The van der Waals surface area contributed by atoms with Crippen LogP contribution >= 0.6 is 11.3 Å². The first-order valence-corrected chi connectivity index (χ1v) is 11.6. The summed E-state index contributed by atoms with van der Waals surface area (Å²) in [5.74, 6) is -1.17. The van der Waals surface area contributed by atoms with E-state index in [1.54, 1.807) is 0 Å². The smallest absolute Gasteiger partial charge is 0.251 e. The molecule has 1 atom stereocenters. The number of sulfonamides is 1. The van der Waals surface area contributed by atoms with Crippen LogP contribution in [0.3, 0.4) is 0 Å². The van der Waals surface area contributed by atoms with E-state index < -0.39 is 21.8 Å². The molecule has 2 aliphatic rings. The molecular formula is C17H25N3O4S2. The minimum atomic E-state index is -3.31. The Morgan fingerprint density at radius 3 is 2.62 bits per heavy atom. The Hall–Kier alpha value is -1.45. The van der Waals surface area contributed by atoms with Crippen LogP contribution in [0.15, 0.2) is 0 Å². The number of anilines is 1. The maximum absolute atomic E-state index is 12.7. The zero-order chi connectivity index (χ0) is 18.9. The van der Waals surface area contributed by atoms with Gasteiger partial charge in [0.05, 0.1) is 17.7 Å². The first kappa shape index (κ1) is 19.3. The van der Waals surface area contributed by atoms with Crippen LogP contribution < -0.4 is 11.1 Å². The van der Waals surface area contributed by atoms with Crippen molar-refractivity contribution in [3.05, 3.63) is 16.0 Å². The van der Waals surface area contributed by atoms with Crippen molar-refractivity contribution in [2.45, 2.75) is 44.9 Å². The van der Waals surface area contributed by atoms with Gasteiger partial charge in [0, 0.05) is 18.0 Å². The number of primary amides is 1. The Balaban J connectivity index is 1.80. The fourth-order valence-corrected chi connectivity index (χ4v) is 5.97. The van der Waals surface area contributed by atoms with Gasteiger partial charge in [-0.05, 0) is 44.1 Å². The molecule has 0 radical (unpaired) electrons. The van der Waals surface area contributed by atoms with Crippen molar-refractivity contribution in [1.82, 2.24) is 4.31 Å². The molecule has 2 heterocycles. The molecule has 0 aromatic carbocycles. The third kappa shape index (κ3) is 4.10. The molecule has 26 heavy (non-hydrogen) atoms. The summed E-state index contributed by atoms with van der Waals surface area (Å²) >= 11 is 1.44. The minimum absolute atomic E-state index is 0.182. The fraction of sp³-hybridized carbons (Fsp3) is 0.647. The summed E-state index contributed by atoms with van der Waals surface area (Å²) in [6.07, 6.45) is 7.38. The van der Waals surface area contributed by atoms with E-state index >= 15 is 0 Å². The summed E-state index contributed by atoms with van der Waals surface area (Å²) in [7, 11) is -3.31. The van der Waals surface area contributed by atoms with Gasteiger partial charge < -0.3 is 11.1 Å². The molecule has 1 aliphatic heterocycles. The molecule has 1 unspecified atom stereocenters. The highest BCUT2D eigenvalue weighted by atomic mass is 32.2. The fourth-order valence-electron chi connectivity index (χ4n) is 3.76. The molecule has 0 bridgehead atoms. The number of amides is 2. The molecule has 1 fully saturated rings. The third-order valence-corrected chi connectivity index (χ3v) is 7.61. The summed E-state index contributed by atoms with van der Waals surface area (Å²) in [5, 5.41) is 3.39. The lowest BCUT2D eigenvalue weighted by Gasteiger charge is -2.30. The number of nitrogens with one attached hydrogen (secondary N) is 1. The van der Waals surface area contributed by atoms with Gasteiger partial charge in [0.25, 0.3) is 5.91 Å². The van der Waals surface area contributed by atoms with Crippen molar-refractivity contribution < 1.29 is 18.0 Å². The summed E-state index contributed by atoms with van der Waals surface area (Å²) in [4.78, 5) is 25.8. The van der Waals surface area contributed by atoms with E-state index in [2.05, 4.69) is 5.32 Å². The van der Waals surface area contributed by atoms with E-state index in [0.717, 1.165) is 48.8 Å². The largest absolute Gasteiger partial charge is 0.365 e. The summed E-state index contributed by atoms with van der Waals surface area (Å²) < 4.78 is 24.9. The molecule has 1 aliphatic carbocycles. The van der Waals surface area contributed by atoms with Gasteiger partial charge in [-0.1, -0.05) is 6.42 Å². The predicted molar refractivity (Wildman–Crippen MR) is 102 cm³/mol. The Labute approximate surface area is 158 Å². The van der Waals surface area contributed by atoms with Gasteiger partial charge in [0.2, 0.25) is 15.9 Å². The summed E-state index contributed by atoms with van der Waals surface area (Å²) in [5.41, 5.74) is 7.02. The monoisotopic (exact) mass is 399 g/mol. The van der Waals surface area contributed by atoms with E-state index in [1.165, 1.54) is 15.6 Å². The Morgan fingerprint density at radius 1 is 1.19 bits per heavy atom. The molecule has 1 aromatic rings.